The molecule has 2 aromatic heterocycles. The fourth-order valence-electron chi connectivity index (χ4n) is 5.23. The third-order valence-electron chi connectivity index (χ3n) is 7.22. The van der Waals surface area contributed by atoms with Crippen molar-refractivity contribution in [1.82, 2.24) is 25.2 Å². The Kier molecular flexibility index (Phi) is 8.44. The van der Waals surface area contributed by atoms with E-state index in [1.54, 1.807) is 6.92 Å². The number of halogens is 7. The van der Waals surface area contributed by atoms with E-state index < -0.39 is 76.0 Å². The lowest BCUT2D eigenvalue weighted by molar-refractivity contribution is -0.137. The van der Waals surface area contributed by atoms with Crippen LogP contribution in [0.3, 0.4) is 0 Å². The van der Waals surface area contributed by atoms with Crippen molar-refractivity contribution in [3.8, 4) is 23.1 Å². The molecule has 0 spiro atoms. The molecule has 4 N–H and O–H groups in total. The highest BCUT2D eigenvalue weighted by molar-refractivity contribution is 5.96. The topological polar surface area (TPSA) is 110 Å². The highest BCUT2D eigenvalue weighted by atomic mass is 19.4. The van der Waals surface area contributed by atoms with Gasteiger partial charge in [-0.15, -0.1) is 0 Å². The lowest BCUT2D eigenvalue weighted by Gasteiger charge is -2.31. The lowest BCUT2D eigenvalue weighted by Crippen LogP contribution is -2.44. The number of alkyl halides is 5. The fourth-order valence-corrected chi connectivity index (χ4v) is 5.23. The Labute approximate surface area is 242 Å². The molecule has 1 saturated heterocycles. The van der Waals surface area contributed by atoms with Gasteiger partial charge in [0.15, 0.2) is 11.6 Å². The lowest BCUT2D eigenvalue weighted by atomic mass is 9.96. The summed E-state index contributed by atoms with van der Waals surface area (Å²) in [5, 5.41) is 6.06. The van der Waals surface area contributed by atoms with Gasteiger partial charge in [-0.05, 0) is 44.9 Å². The molecule has 9 nitrogen and oxygen atoms in total. The number of piperidine rings is 1. The summed E-state index contributed by atoms with van der Waals surface area (Å²) in [6, 6.07) is 0.366. The molecule has 4 heterocycles. The van der Waals surface area contributed by atoms with E-state index >= 15 is 8.78 Å². The van der Waals surface area contributed by atoms with E-state index in [9.17, 15) is 22.0 Å². The minimum atomic E-state index is -5.10. The van der Waals surface area contributed by atoms with Crippen molar-refractivity contribution >= 4 is 22.4 Å². The average molecular weight is 618 g/mol. The van der Waals surface area contributed by atoms with E-state index in [2.05, 4.69) is 25.6 Å². The maximum Gasteiger partial charge on any atom is 0.417 e. The van der Waals surface area contributed by atoms with Crippen molar-refractivity contribution in [2.45, 2.75) is 51.3 Å². The van der Waals surface area contributed by atoms with Crippen LogP contribution in [-0.2, 0) is 6.18 Å². The number of ether oxygens (including phenoxy) is 2. The van der Waals surface area contributed by atoms with Crippen LogP contribution in [0.2, 0.25) is 0 Å². The number of aromatic nitrogens is 3. The number of hydrogen-bond acceptors (Lipinski definition) is 9. The van der Waals surface area contributed by atoms with E-state index in [-0.39, 0.29) is 43.2 Å². The van der Waals surface area contributed by atoms with Crippen LogP contribution >= 0.6 is 0 Å². The Balaban J connectivity index is 1.72. The van der Waals surface area contributed by atoms with E-state index in [1.165, 1.54) is 4.90 Å². The minimum Gasteiger partial charge on any atom is -0.474 e. The highest BCUT2D eigenvalue weighted by Gasteiger charge is 2.40. The van der Waals surface area contributed by atoms with Gasteiger partial charge in [0.05, 0.1) is 29.5 Å². The first-order valence-electron chi connectivity index (χ1n) is 13.7. The SMILES string of the molecule is Cc1cc(N)c(F)c(-c2nc3c4c(nc(OCN5CCCC(F)(F)C5)nc4c2F)NCCNCC[C@H](C)O3)c1C(F)(F)F. The molecule has 0 saturated carbocycles. The largest absolute Gasteiger partial charge is 0.474 e. The summed E-state index contributed by atoms with van der Waals surface area (Å²) in [4.78, 5) is 13.8. The zero-order valence-electron chi connectivity index (χ0n) is 23.3. The Bertz CT molecular complexity index is 1520. The van der Waals surface area contributed by atoms with Crippen molar-refractivity contribution in [3.05, 3.63) is 28.8 Å². The molecule has 1 aromatic carbocycles. The smallest absolute Gasteiger partial charge is 0.417 e. The summed E-state index contributed by atoms with van der Waals surface area (Å²) in [7, 11) is 0. The van der Waals surface area contributed by atoms with Crippen LogP contribution in [0.1, 0.15) is 37.3 Å². The Hall–Kier alpha value is -3.66. The fraction of sp³-hybridized carbons (Fsp3) is 0.519. The van der Waals surface area contributed by atoms with Gasteiger partial charge in [0, 0.05) is 26.1 Å². The van der Waals surface area contributed by atoms with Crippen LogP contribution < -0.4 is 25.8 Å². The van der Waals surface area contributed by atoms with E-state index in [0.717, 1.165) is 13.0 Å². The Morgan fingerprint density at radius 3 is 2.63 bits per heavy atom. The van der Waals surface area contributed by atoms with Crippen molar-refractivity contribution in [2.24, 2.45) is 0 Å². The number of rotatable bonds is 4. The van der Waals surface area contributed by atoms with Gasteiger partial charge in [0.25, 0.3) is 5.92 Å². The number of likely N-dealkylation sites (tertiary alicyclic amines) is 1. The normalized spacial score (nSPS) is 19.8. The summed E-state index contributed by atoms with van der Waals surface area (Å²) in [5.74, 6) is -6.19. The third-order valence-corrected chi connectivity index (χ3v) is 7.22. The summed E-state index contributed by atoms with van der Waals surface area (Å²) in [6.07, 6.45) is -5.24. The zero-order chi connectivity index (χ0) is 31.1. The molecule has 1 atom stereocenters. The number of aryl methyl sites for hydroxylation is 1. The number of nitrogens with zero attached hydrogens (tertiary/aromatic N) is 4. The average Bonchev–Trinajstić information content (AvgIpc) is 2.94. The molecule has 0 amide bonds. The summed E-state index contributed by atoms with van der Waals surface area (Å²) in [5.41, 5.74) is 0.355. The van der Waals surface area contributed by atoms with Crippen LogP contribution in [0.4, 0.5) is 42.2 Å². The molecule has 16 heteroatoms. The predicted molar refractivity (Wildman–Crippen MR) is 144 cm³/mol. The molecule has 0 radical (unpaired) electrons. The molecule has 5 rings (SSSR count). The van der Waals surface area contributed by atoms with Crippen LogP contribution in [0, 0.1) is 18.6 Å². The molecule has 0 bridgehead atoms. The second kappa shape index (κ2) is 11.8. The number of nitrogens with two attached hydrogens (primary N) is 1. The van der Waals surface area contributed by atoms with Crippen molar-refractivity contribution in [2.75, 3.05) is 50.5 Å². The molecule has 2 aliphatic heterocycles. The molecule has 43 heavy (non-hydrogen) atoms. The summed E-state index contributed by atoms with van der Waals surface area (Å²) >= 11 is 0. The van der Waals surface area contributed by atoms with Crippen LogP contribution in [0.15, 0.2) is 6.07 Å². The Morgan fingerprint density at radius 2 is 1.91 bits per heavy atom. The van der Waals surface area contributed by atoms with Gasteiger partial charge in [0.1, 0.15) is 29.1 Å². The zero-order valence-corrected chi connectivity index (χ0v) is 23.3. The second-order valence-electron chi connectivity index (χ2n) is 10.7. The van der Waals surface area contributed by atoms with E-state index in [4.69, 9.17) is 15.2 Å². The van der Waals surface area contributed by atoms with Gasteiger partial charge >= 0.3 is 12.2 Å². The first-order valence-corrected chi connectivity index (χ1v) is 13.7. The monoisotopic (exact) mass is 617 g/mol. The first-order chi connectivity index (χ1) is 20.2. The van der Waals surface area contributed by atoms with Crippen molar-refractivity contribution < 1.29 is 40.2 Å². The maximum atomic E-state index is 16.4. The quantitative estimate of drug-likeness (QED) is 0.272. The number of nitrogens with one attached hydrogen (secondary N) is 2. The molecular formula is C27H30F7N7O2. The van der Waals surface area contributed by atoms with E-state index in [0.29, 0.717) is 26.1 Å². The van der Waals surface area contributed by atoms with Gasteiger partial charge in [0.2, 0.25) is 5.88 Å². The third kappa shape index (κ3) is 6.49. The molecule has 1 fully saturated rings. The standard InChI is InChI=1S/C27H30F7N7O2/c1-13-10-15(35)19(28)16(18(13)27(32,33)34)21-20(29)22-17-23(37-8-7-36-6-4-14(2)43-24(17)38-21)40-25(39-22)42-12-41-9-3-5-26(30,31)11-41/h10,14,36H,3-9,11-12,35H2,1-2H3,(H,37,39,40)/t14-/m0/s1. The second-order valence-corrected chi connectivity index (χ2v) is 10.7. The minimum absolute atomic E-state index is 0.0203. The number of pyridine rings is 1. The van der Waals surface area contributed by atoms with Gasteiger partial charge in [-0.1, -0.05) is 0 Å². The first kappa shape index (κ1) is 30.8. The summed E-state index contributed by atoms with van der Waals surface area (Å²) in [6.45, 7) is 3.40. The molecule has 0 aliphatic carbocycles. The molecule has 234 valence electrons. The van der Waals surface area contributed by atoms with Crippen LogP contribution in [0.5, 0.6) is 11.9 Å². The molecule has 3 aromatic rings. The predicted octanol–water partition coefficient (Wildman–Crippen LogP) is 5.12. The number of anilines is 2. The number of benzene rings is 1. The van der Waals surface area contributed by atoms with Crippen LogP contribution in [-0.4, -0.2) is 71.3 Å². The van der Waals surface area contributed by atoms with E-state index in [1.807, 2.05) is 0 Å². The van der Waals surface area contributed by atoms with Crippen molar-refractivity contribution in [1.29, 1.82) is 0 Å². The maximum absolute atomic E-state index is 16.4. The molecule has 2 aliphatic rings. The number of hydrogen-bond donors (Lipinski definition) is 3. The van der Waals surface area contributed by atoms with Gasteiger partial charge in [-0.2, -0.15) is 23.1 Å². The van der Waals surface area contributed by atoms with Crippen molar-refractivity contribution in [3.63, 3.8) is 0 Å². The van der Waals surface area contributed by atoms with Gasteiger partial charge in [-0.25, -0.2) is 22.5 Å². The number of nitrogen functional groups attached to an aromatic ring is 1. The highest BCUT2D eigenvalue weighted by Crippen LogP contribution is 2.45. The van der Waals surface area contributed by atoms with Gasteiger partial charge < -0.3 is 25.8 Å². The van der Waals surface area contributed by atoms with Gasteiger partial charge in [-0.3, -0.25) is 4.90 Å². The summed E-state index contributed by atoms with van der Waals surface area (Å²) < 4.78 is 114. The Morgan fingerprint density at radius 1 is 1.14 bits per heavy atom. The van der Waals surface area contributed by atoms with Crippen LogP contribution in [0.25, 0.3) is 22.2 Å². The molecule has 0 unspecified atom stereocenters. The molecular weight excluding hydrogens is 587 g/mol.